The summed E-state index contributed by atoms with van der Waals surface area (Å²) in [5, 5.41) is 0. The highest BCUT2D eigenvalue weighted by molar-refractivity contribution is 6.01. The molecular weight excluding hydrogens is 312 g/mol. The zero-order valence-electron chi connectivity index (χ0n) is 15.3. The molecule has 25 heavy (non-hydrogen) atoms. The van der Waals surface area contributed by atoms with Gasteiger partial charge in [0.05, 0.1) is 0 Å². The minimum absolute atomic E-state index is 0.00328. The molecule has 0 aliphatic carbocycles. The molecule has 0 saturated carbocycles. The van der Waals surface area contributed by atoms with Crippen molar-refractivity contribution in [1.82, 2.24) is 4.90 Å². The molecule has 0 spiro atoms. The number of rotatable bonds is 6. The van der Waals surface area contributed by atoms with Crippen LogP contribution in [-0.2, 0) is 9.59 Å². The van der Waals surface area contributed by atoms with Crippen molar-refractivity contribution >= 4 is 23.2 Å². The van der Waals surface area contributed by atoms with Crippen molar-refractivity contribution in [3.8, 4) is 0 Å². The Morgan fingerprint density at radius 3 is 1.68 bits per heavy atom. The molecule has 2 aromatic carbocycles. The average Bonchev–Trinajstić information content (AvgIpc) is 2.62. The lowest BCUT2D eigenvalue weighted by molar-refractivity contribution is -0.130. The van der Waals surface area contributed by atoms with Gasteiger partial charge in [0.15, 0.2) is 0 Å². The van der Waals surface area contributed by atoms with E-state index in [1.807, 2.05) is 74.5 Å². The van der Waals surface area contributed by atoms with Gasteiger partial charge in [-0.15, -0.1) is 0 Å². The van der Waals surface area contributed by atoms with E-state index < -0.39 is 0 Å². The van der Waals surface area contributed by atoms with Crippen LogP contribution < -0.4 is 4.90 Å². The van der Waals surface area contributed by atoms with Crippen LogP contribution in [0.25, 0.3) is 0 Å². The highest BCUT2D eigenvalue weighted by Crippen LogP contribution is 2.29. The number of nitrogens with zero attached hydrogens (tertiary/aromatic N) is 2. The maximum Gasteiger partial charge on any atom is 0.234 e. The van der Waals surface area contributed by atoms with Crippen molar-refractivity contribution in [2.24, 2.45) is 11.8 Å². The van der Waals surface area contributed by atoms with Crippen molar-refractivity contribution in [2.75, 3.05) is 19.0 Å². The van der Waals surface area contributed by atoms with Crippen molar-refractivity contribution in [2.45, 2.75) is 20.3 Å². The highest BCUT2D eigenvalue weighted by Gasteiger charge is 2.28. The van der Waals surface area contributed by atoms with Gasteiger partial charge < -0.3 is 4.90 Å². The van der Waals surface area contributed by atoms with Crippen LogP contribution in [-0.4, -0.2) is 30.8 Å². The van der Waals surface area contributed by atoms with Crippen LogP contribution in [0.3, 0.4) is 0 Å². The summed E-state index contributed by atoms with van der Waals surface area (Å²) in [6.45, 7) is 3.85. The third-order valence-electron chi connectivity index (χ3n) is 4.49. The fourth-order valence-corrected chi connectivity index (χ4v) is 2.64. The summed E-state index contributed by atoms with van der Waals surface area (Å²) in [4.78, 5) is 28.5. The summed E-state index contributed by atoms with van der Waals surface area (Å²) in [7, 11) is 3.48. The van der Waals surface area contributed by atoms with E-state index >= 15 is 0 Å². The number of hydrogen-bond acceptors (Lipinski definition) is 2. The van der Waals surface area contributed by atoms with E-state index in [0.717, 1.165) is 11.4 Å². The summed E-state index contributed by atoms with van der Waals surface area (Å²) >= 11 is 0. The molecule has 132 valence electrons. The summed E-state index contributed by atoms with van der Waals surface area (Å²) in [5.41, 5.74) is 1.66. The predicted octanol–water partition coefficient (Wildman–Crippen LogP) is 4.10. The first-order valence-electron chi connectivity index (χ1n) is 8.56. The third kappa shape index (κ3) is 4.69. The van der Waals surface area contributed by atoms with Crippen LogP contribution in [0.5, 0.6) is 0 Å². The van der Waals surface area contributed by atoms with Crippen LogP contribution in [0.15, 0.2) is 60.7 Å². The number of carbonyl (C=O) groups is 2. The number of carbonyl (C=O) groups excluding carboxylic acids is 2. The number of amides is 2. The normalized spacial score (nSPS) is 13.0. The van der Waals surface area contributed by atoms with E-state index in [0.29, 0.717) is 6.42 Å². The van der Waals surface area contributed by atoms with Gasteiger partial charge in [-0.25, -0.2) is 0 Å². The molecule has 2 atom stereocenters. The van der Waals surface area contributed by atoms with Crippen molar-refractivity contribution < 1.29 is 9.59 Å². The van der Waals surface area contributed by atoms with E-state index in [1.165, 1.54) is 0 Å². The predicted molar refractivity (Wildman–Crippen MR) is 102 cm³/mol. The molecule has 0 aliphatic heterocycles. The molecular formula is C21H26N2O2. The van der Waals surface area contributed by atoms with Gasteiger partial charge in [0.25, 0.3) is 0 Å². The minimum atomic E-state index is -0.274. The lowest BCUT2D eigenvalue weighted by Gasteiger charge is -2.29. The van der Waals surface area contributed by atoms with E-state index in [9.17, 15) is 9.59 Å². The molecule has 0 radical (unpaired) electrons. The third-order valence-corrected chi connectivity index (χ3v) is 4.49. The summed E-state index contributed by atoms with van der Waals surface area (Å²) in [6.07, 6.45) is 0.358. The van der Waals surface area contributed by atoms with Crippen molar-refractivity contribution in [3.63, 3.8) is 0 Å². The first kappa shape index (κ1) is 18.7. The monoisotopic (exact) mass is 338 g/mol. The number of anilines is 2. The van der Waals surface area contributed by atoms with Crippen LogP contribution in [0.1, 0.15) is 20.3 Å². The molecule has 0 saturated heterocycles. The Labute approximate surface area is 150 Å². The number of hydrogen-bond donors (Lipinski definition) is 0. The Balaban J connectivity index is 2.28. The average molecular weight is 338 g/mol. The second kappa shape index (κ2) is 8.47. The molecule has 0 fully saturated rings. The summed E-state index contributed by atoms with van der Waals surface area (Å²) < 4.78 is 0. The van der Waals surface area contributed by atoms with E-state index in [-0.39, 0.29) is 23.7 Å². The summed E-state index contributed by atoms with van der Waals surface area (Å²) in [6, 6.07) is 19.2. The van der Waals surface area contributed by atoms with Gasteiger partial charge in [0.2, 0.25) is 11.8 Å². The van der Waals surface area contributed by atoms with Gasteiger partial charge in [0, 0.05) is 37.8 Å². The molecule has 0 aliphatic rings. The van der Waals surface area contributed by atoms with Gasteiger partial charge in [-0.05, 0) is 30.2 Å². The fraction of sp³-hybridized carbons (Fsp3) is 0.333. The Kier molecular flexibility index (Phi) is 6.34. The molecule has 0 unspecified atom stereocenters. The van der Waals surface area contributed by atoms with Gasteiger partial charge in [-0.3, -0.25) is 14.5 Å². The van der Waals surface area contributed by atoms with Gasteiger partial charge >= 0.3 is 0 Å². The van der Waals surface area contributed by atoms with E-state index in [2.05, 4.69) is 0 Å². The fourth-order valence-electron chi connectivity index (χ4n) is 2.64. The molecule has 2 aromatic rings. The molecule has 2 rings (SSSR count). The van der Waals surface area contributed by atoms with Gasteiger partial charge in [0.1, 0.15) is 0 Å². The van der Waals surface area contributed by atoms with E-state index in [4.69, 9.17) is 0 Å². The summed E-state index contributed by atoms with van der Waals surface area (Å²) in [5.74, 6) is -0.281. The standard InChI is InChI=1S/C21H26N2O2/c1-16(15-20(24)22(3)4)17(2)21(25)23(18-11-7-5-8-12-18)19-13-9-6-10-14-19/h5-14,16-17H,15H2,1-4H3/t16-,17-/m0/s1. The molecule has 4 nitrogen and oxygen atoms in total. The molecule has 4 heteroatoms. The number of para-hydroxylation sites is 2. The minimum Gasteiger partial charge on any atom is -0.349 e. The molecule has 0 N–H and O–H groups in total. The molecule has 0 heterocycles. The first-order chi connectivity index (χ1) is 11.9. The quantitative estimate of drug-likeness (QED) is 0.795. The number of benzene rings is 2. The van der Waals surface area contributed by atoms with Crippen LogP contribution in [0.2, 0.25) is 0 Å². The molecule has 0 bridgehead atoms. The zero-order valence-corrected chi connectivity index (χ0v) is 15.3. The zero-order chi connectivity index (χ0) is 18.4. The van der Waals surface area contributed by atoms with Crippen LogP contribution >= 0.6 is 0 Å². The van der Waals surface area contributed by atoms with Gasteiger partial charge in [-0.2, -0.15) is 0 Å². The lowest BCUT2D eigenvalue weighted by Crippen LogP contribution is -2.36. The van der Waals surface area contributed by atoms with Gasteiger partial charge in [-0.1, -0.05) is 50.2 Å². The molecule has 0 aromatic heterocycles. The van der Waals surface area contributed by atoms with Crippen LogP contribution in [0.4, 0.5) is 11.4 Å². The largest absolute Gasteiger partial charge is 0.349 e. The lowest BCUT2D eigenvalue weighted by atomic mass is 9.90. The maximum absolute atomic E-state index is 13.2. The second-order valence-corrected chi connectivity index (χ2v) is 6.60. The Hall–Kier alpha value is -2.62. The Bertz CT molecular complexity index is 659. The SMILES string of the molecule is C[C@H](C(=O)N(c1ccccc1)c1ccccc1)[C@@H](C)CC(=O)N(C)C. The van der Waals surface area contributed by atoms with E-state index in [1.54, 1.807) is 23.9 Å². The first-order valence-corrected chi connectivity index (χ1v) is 8.56. The highest BCUT2D eigenvalue weighted by atomic mass is 16.2. The van der Waals surface area contributed by atoms with Crippen molar-refractivity contribution in [3.05, 3.63) is 60.7 Å². The van der Waals surface area contributed by atoms with Crippen molar-refractivity contribution in [1.29, 1.82) is 0 Å². The topological polar surface area (TPSA) is 40.6 Å². The smallest absolute Gasteiger partial charge is 0.234 e. The van der Waals surface area contributed by atoms with Crippen LogP contribution in [0, 0.1) is 11.8 Å². The Morgan fingerprint density at radius 2 is 1.28 bits per heavy atom. The molecule has 2 amide bonds. The Morgan fingerprint density at radius 1 is 0.840 bits per heavy atom. The maximum atomic E-state index is 13.2. The second-order valence-electron chi connectivity index (χ2n) is 6.60.